The first-order chi connectivity index (χ1) is 7.92. The molecule has 2 heteroatoms. The molecule has 0 spiro atoms. The van der Waals surface area contributed by atoms with Crippen molar-refractivity contribution in [1.29, 1.82) is 0 Å². The van der Waals surface area contributed by atoms with Gasteiger partial charge in [-0.2, -0.15) is 0 Å². The number of ether oxygens (including phenoxy) is 2. The molecule has 88 valence electrons. The minimum Gasteiger partial charge on any atom is -0.465 e. The highest BCUT2D eigenvalue weighted by Crippen LogP contribution is 2.34. The summed E-state index contributed by atoms with van der Waals surface area (Å²) in [5.41, 5.74) is 2.77. The summed E-state index contributed by atoms with van der Waals surface area (Å²) in [6.07, 6.45) is 11.0. The van der Waals surface area contributed by atoms with Gasteiger partial charge in [-0.25, -0.2) is 0 Å². The van der Waals surface area contributed by atoms with Gasteiger partial charge in [0.25, 0.3) is 5.95 Å². The van der Waals surface area contributed by atoms with E-state index in [1.165, 1.54) is 30.4 Å². The molecule has 16 heavy (non-hydrogen) atoms. The monoisotopic (exact) mass is 220 g/mol. The molecule has 0 radical (unpaired) electrons. The maximum atomic E-state index is 5.72. The molecule has 2 rings (SSSR count). The Morgan fingerprint density at radius 2 is 2.25 bits per heavy atom. The summed E-state index contributed by atoms with van der Waals surface area (Å²) >= 11 is 0. The Morgan fingerprint density at radius 3 is 3.12 bits per heavy atom. The van der Waals surface area contributed by atoms with E-state index >= 15 is 0 Å². The average Bonchev–Trinajstić information content (AvgIpc) is 2.35. The maximum Gasteiger partial charge on any atom is 0.283 e. The van der Waals surface area contributed by atoms with Crippen molar-refractivity contribution in [2.24, 2.45) is 0 Å². The Hall–Kier alpha value is -1.18. The molecule has 0 N–H and O–H groups in total. The minimum absolute atomic E-state index is 0.676. The van der Waals surface area contributed by atoms with Crippen molar-refractivity contribution in [1.82, 2.24) is 0 Å². The lowest BCUT2D eigenvalue weighted by molar-refractivity contribution is 0.0380. The maximum absolute atomic E-state index is 5.72. The van der Waals surface area contributed by atoms with Gasteiger partial charge in [0.05, 0.1) is 6.61 Å². The number of rotatable bonds is 5. The molecule has 0 atom stereocenters. The quantitative estimate of drug-likeness (QED) is 0.519. The van der Waals surface area contributed by atoms with E-state index < -0.39 is 0 Å². The molecule has 0 saturated heterocycles. The smallest absolute Gasteiger partial charge is 0.283 e. The molecular weight excluding hydrogens is 200 g/mol. The lowest BCUT2D eigenvalue weighted by Gasteiger charge is -2.25. The van der Waals surface area contributed by atoms with Crippen LogP contribution in [0.15, 0.2) is 35.8 Å². The zero-order valence-corrected chi connectivity index (χ0v) is 9.84. The molecule has 0 aromatic heterocycles. The first-order valence-corrected chi connectivity index (χ1v) is 6.21. The molecule has 1 fully saturated rings. The van der Waals surface area contributed by atoms with Crippen molar-refractivity contribution < 1.29 is 9.47 Å². The molecule has 0 bridgehead atoms. The molecule has 1 aliphatic heterocycles. The number of unbranched alkanes of at least 4 members (excludes halogenated alkanes) is 1. The zero-order valence-electron chi connectivity index (χ0n) is 9.84. The standard InChI is InChI=1S/C14H20O2/c1-2-3-6-10-15-14-13-8-5-4-7-12(13)9-11-16-14/h2,9H,1,3-8,10-11H2. The highest BCUT2D eigenvalue weighted by molar-refractivity contribution is 5.35. The first-order valence-electron chi connectivity index (χ1n) is 6.21. The van der Waals surface area contributed by atoms with E-state index in [-0.39, 0.29) is 0 Å². The third-order valence-corrected chi connectivity index (χ3v) is 3.09. The summed E-state index contributed by atoms with van der Waals surface area (Å²) in [6, 6.07) is 0. The molecule has 2 aliphatic rings. The summed E-state index contributed by atoms with van der Waals surface area (Å²) in [5, 5.41) is 0. The van der Waals surface area contributed by atoms with Crippen LogP contribution in [0.1, 0.15) is 38.5 Å². The molecule has 1 saturated carbocycles. The van der Waals surface area contributed by atoms with Crippen LogP contribution >= 0.6 is 0 Å². The van der Waals surface area contributed by atoms with Crippen LogP contribution in [0.4, 0.5) is 0 Å². The second-order valence-electron chi connectivity index (χ2n) is 4.29. The topological polar surface area (TPSA) is 18.5 Å². The van der Waals surface area contributed by atoms with Crippen LogP contribution in [0.25, 0.3) is 0 Å². The van der Waals surface area contributed by atoms with Crippen LogP contribution in [-0.2, 0) is 9.47 Å². The number of hydrogen-bond donors (Lipinski definition) is 0. The van der Waals surface area contributed by atoms with Gasteiger partial charge in [0, 0.05) is 5.57 Å². The van der Waals surface area contributed by atoms with Crippen LogP contribution in [0.3, 0.4) is 0 Å². The Balaban J connectivity index is 1.92. The predicted octanol–water partition coefficient (Wildman–Crippen LogP) is 3.71. The van der Waals surface area contributed by atoms with E-state index in [0.29, 0.717) is 6.61 Å². The molecule has 0 unspecified atom stereocenters. The number of fused-ring (bicyclic) bond motifs is 1. The molecule has 1 aliphatic carbocycles. The Morgan fingerprint density at radius 1 is 1.38 bits per heavy atom. The fraction of sp³-hybridized carbons (Fsp3) is 0.571. The molecule has 0 aromatic carbocycles. The van der Waals surface area contributed by atoms with Crippen molar-refractivity contribution in [3.63, 3.8) is 0 Å². The van der Waals surface area contributed by atoms with E-state index in [1.54, 1.807) is 0 Å². The van der Waals surface area contributed by atoms with E-state index in [0.717, 1.165) is 31.8 Å². The molecular formula is C14H20O2. The minimum atomic E-state index is 0.676. The van der Waals surface area contributed by atoms with Gasteiger partial charge in [0.15, 0.2) is 0 Å². The Kier molecular flexibility index (Phi) is 4.09. The van der Waals surface area contributed by atoms with Gasteiger partial charge >= 0.3 is 0 Å². The van der Waals surface area contributed by atoms with Gasteiger partial charge in [0.2, 0.25) is 0 Å². The summed E-state index contributed by atoms with van der Waals surface area (Å²) in [7, 11) is 0. The Bertz CT molecular complexity index is 313. The fourth-order valence-electron chi connectivity index (χ4n) is 2.21. The van der Waals surface area contributed by atoms with E-state index in [1.807, 2.05) is 6.08 Å². The third kappa shape index (κ3) is 2.69. The summed E-state index contributed by atoms with van der Waals surface area (Å²) in [4.78, 5) is 0. The second-order valence-corrected chi connectivity index (χ2v) is 4.29. The van der Waals surface area contributed by atoms with E-state index in [2.05, 4.69) is 12.7 Å². The van der Waals surface area contributed by atoms with Crippen LogP contribution < -0.4 is 0 Å². The number of hydrogen-bond acceptors (Lipinski definition) is 2. The third-order valence-electron chi connectivity index (χ3n) is 3.09. The van der Waals surface area contributed by atoms with Crippen molar-refractivity contribution in [3.05, 3.63) is 35.8 Å². The van der Waals surface area contributed by atoms with E-state index in [9.17, 15) is 0 Å². The van der Waals surface area contributed by atoms with Gasteiger partial charge in [-0.15, -0.1) is 6.58 Å². The highest BCUT2D eigenvalue weighted by Gasteiger charge is 2.21. The van der Waals surface area contributed by atoms with Crippen molar-refractivity contribution in [2.75, 3.05) is 13.2 Å². The van der Waals surface area contributed by atoms with Crippen molar-refractivity contribution in [3.8, 4) is 0 Å². The van der Waals surface area contributed by atoms with Crippen LogP contribution in [0.5, 0.6) is 0 Å². The van der Waals surface area contributed by atoms with Gasteiger partial charge < -0.3 is 9.47 Å². The van der Waals surface area contributed by atoms with Gasteiger partial charge in [0.1, 0.15) is 6.61 Å². The zero-order chi connectivity index (χ0) is 11.2. The average molecular weight is 220 g/mol. The van der Waals surface area contributed by atoms with Gasteiger partial charge in [-0.1, -0.05) is 6.08 Å². The summed E-state index contributed by atoms with van der Waals surface area (Å²) < 4.78 is 11.3. The van der Waals surface area contributed by atoms with Crippen LogP contribution in [-0.4, -0.2) is 13.2 Å². The lowest BCUT2D eigenvalue weighted by atomic mass is 9.89. The largest absolute Gasteiger partial charge is 0.465 e. The second kappa shape index (κ2) is 5.78. The van der Waals surface area contributed by atoms with Gasteiger partial charge in [-0.05, 0) is 50.2 Å². The molecule has 1 heterocycles. The van der Waals surface area contributed by atoms with E-state index in [4.69, 9.17) is 9.47 Å². The summed E-state index contributed by atoms with van der Waals surface area (Å²) in [6.45, 7) is 5.11. The fourth-order valence-corrected chi connectivity index (χ4v) is 2.21. The molecule has 0 amide bonds. The van der Waals surface area contributed by atoms with Gasteiger partial charge in [-0.3, -0.25) is 0 Å². The summed E-state index contributed by atoms with van der Waals surface area (Å²) in [5.74, 6) is 0.793. The lowest BCUT2D eigenvalue weighted by Crippen LogP contribution is -2.13. The highest BCUT2D eigenvalue weighted by atomic mass is 16.7. The molecule has 0 aromatic rings. The normalized spacial score (nSPS) is 19.6. The van der Waals surface area contributed by atoms with Crippen LogP contribution in [0.2, 0.25) is 0 Å². The first kappa shape index (κ1) is 11.3. The van der Waals surface area contributed by atoms with Crippen molar-refractivity contribution in [2.45, 2.75) is 38.5 Å². The van der Waals surface area contributed by atoms with Crippen LogP contribution in [0, 0.1) is 0 Å². The predicted molar refractivity (Wildman–Crippen MR) is 64.9 cm³/mol. The number of allylic oxidation sites excluding steroid dienone is 3. The van der Waals surface area contributed by atoms with Crippen molar-refractivity contribution >= 4 is 0 Å². The Labute approximate surface area is 97.6 Å². The molecule has 2 nitrogen and oxygen atoms in total. The SMILES string of the molecule is C=CCCCOC1=C2CCCCC2=CCO1.